The van der Waals surface area contributed by atoms with Crippen molar-refractivity contribution in [3.05, 3.63) is 94.1 Å². The second kappa shape index (κ2) is 10.4. The topological polar surface area (TPSA) is 111 Å². The van der Waals surface area contributed by atoms with Gasteiger partial charge in [-0.2, -0.15) is 5.26 Å². The van der Waals surface area contributed by atoms with Crippen LogP contribution in [0, 0.1) is 17.2 Å². The average Bonchev–Trinajstić information content (AvgIpc) is 3.33. The van der Waals surface area contributed by atoms with Gasteiger partial charge in [-0.1, -0.05) is 48.0 Å². The normalized spacial score (nSPS) is 15.8. The molecule has 1 atom stereocenters. The minimum atomic E-state index is -1.37. The van der Waals surface area contributed by atoms with Crippen molar-refractivity contribution in [1.82, 2.24) is 4.98 Å². The number of carbonyl (C=O) groups excluding carboxylic acids is 2. The Morgan fingerprint density at radius 3 is 2.49 bits per heavy atom. The third-order valence-electron chi connectivity index (χ3n) is 6.61. The van der Waals surface area contributed by atoms with E-state index in [0.29, 0.717) is 28.0 Å². The fraction of sp³-hybridized carbons (Fsp3) is 0.233. The van der Waals surface area contributed by atoms with Crippen molar-refractivity contribution in [3.8, 4) is 17.6 Å². The number of halogens is 1. The number of para-hydroxylation sites is 1. The summed E-state index contributed by atoms with van der Waals surface area (Å²) < 4.78 is 22.6. The molecule has 39 heavy (non-hydrogen) atoms. The number of esters is 2. The predicted molar refractivity (Wildman–Crippen MR) is 143 cm³/mol. The second-order valence-corrected chi connectivity index (χ2v) is 9.99. The molecule has 9 heteroatoms. The van der Waals surface area contributed by atoms with Crippen molar-refractivity contribution in [2.75, 3.05) is 7.11 Å². The summed E-state index contributed by atoms with van der Waals surface area (Å²) in [4.78, 5) is 29.7. The summed E-state index contributed by atoms with van der Waals surface area (Å²) in [7, 11) is 1.47. The van der Waals surface area contributed by atoms with Crippen LogP contribution >= 0.6 is 11.6 Å². The number of nitriles is 1. The van der Waals surface area contributed by atoms with Gasteiger partial charge in [0.1, 0.15) is 6.61 Å². The first-order valence-electron chi connectivity index (χ1n) is 12.2. The molecule has 2 heterocycles. The van der Waals surface area contributed by atoms with E-state index in [-0.39, 0.29) is 17.4 Å². The Hall–Kier alpha value is -4.48. The Morgan fingerprint density at radius 2 is 1.77 bits per heavy atom. The van der Waals surface area contributed by atoms with Crippen LogP contribution in [-0.2, 0) is 25.7 Å². The van der Waals surface area contributed by atoms with Gasteiger partial charge in [-0.05, 0) is 35.4 Å². The molecule has 1 aliphatic heterocycles. The van der Waals surface area contributed by atoms with E-state index in [1.165, 1.54) is 21.0 Å². The third kappa shape index (κ3) is 5.01. The summed E-state index contributed by atoms with van der Waals surface area (Å²) >= 11 is 6.72. The van der Waals surface area contributed by atoms with Crippen LogP contribution in [-0.4, -0.2) is 29.8 Å². The molecule has 8 nitrogen and oxygen atoms in total. The number of methoxy groups -OCH3 is 1. The van der Waals surface area contributed by atoms with Crippen LogP contribution in [0.15, 0.2) is 66.9 Å². The Balaban J connectivity index is 1.60. The molecule has 5 rings (SSSR count). The highest BCUT2D eigenvalue weighted by molar-refractivity contribution is 6.32. The van der Waals surface area contributed by atoms with Crippen LogP contribution < -0.4 is 9.47 Å². The predicted octanol–water partition coefficient (Wildman–Crippen LogP) is 5.86. The number of hydrogen-bond donors (Lipinski definition) is 1. The zero-order valence-corrected chi connectivity index (χ0v) is 22.2. The van der Waals surface area contributed by atoms with Gasteiger partial charge >= 0.3 is 11.9 Å². The van der Waals surface area contributed by atoms with Crippen LogP contribution in [0.4, 0.5) is 0 Å². The number of fused-ring (bicyclic) bond motifs is 1. The lowest BCUT2D eigenvalue weighted by Gasteiger charge is -2.36. The first-order chi connectivity index (χ1) is 18.7. The lowest BCUT2D eigenvalue weighted by molar-refractivity contribution is -0.240. The summed E-state index contributed by atoms with van der Waals surface area (Å²) in [6, 6.07) is 20.1. The summed E-state index contributed by atoms with van der Waals surface area (Å²) in [5.41, 5.74) is 3.24. The molecule has 1 aromatic heterocycles. The number of rotatable bonds is 7. The first kappa shape index (κ1) is 26.1. The highest BCUT2D eigenvalue weighted by Crippen LogP contribution is 2.45. The van der Waals surface area contributed by atoms with E-state index in [4.69, 9.17) is 30.5 Å². The Bertz CT molecular complexity index is 1600. The van der Waals surface area contributed by atoms with Gasteiger partial charge in [0, 0.05) is 42.4 Å². The minimum Gasteiger partial charge on any atom is -0.493 e. The Kier molecular flexibility index (Phi) is 6.94. The number of carbonyl (C=O) groups is 2. The number of ether oxygens (including phenoxy) is 4. The van der Waals surface area contributed by atoms with E-state index < -0.39 is 29.6 Å². The standard InChI is InChI=1S/C30H25ClN2O6/c1-30(2)38-28(34)26(29(35)39-30)25(21-15-33-23-11-7-6-10-20(21)23)19-12-22(31)27(24(13-19)36-3)37-16-18-9-5-4-8-17(18)14-32/h4-13,15,25-26,33H,16H2,1-3H3/t25-/m0/s1. The monoisotopic (exact) mass is 544 g/mol. The van der Waals surface area contributed by atoms with Crippen LogP contribution in [0.25, 0.3) is 10.9 Å². The lowest BCUT2D eigenvalue weighted by atomic mass is 9.79. The highest BCUT2D eigenvalue weighted by Gasteiger charge is 2.49. The number of hydrogen-bond acceptors (Lipinski definition) is 7. The van der Waals surface area contributed by atoms with Crippen molar-refractivity contribution < 1.29 is 28.5 Å². The maximum absolute atomic E-state index is 13.2. The quantitative estimate of drug-likeness (QED) is 0.229. The van der Waals surface area contributed by atoms with E-state index >= 15 is 0 Å². The minimum absolute atomic E-state index is 0.0847. The van der Waals surface area contributed by atoms with Gasteiger partial charge in [-0.15, -0.1) is 0 Å². The largest absolute Gasteiger partial charge is 0.493 e. The zero-order valence-electron chi connectivity index (χ0n) is 21.5. The number of nitrogens with zero attached hydrogens (tertiary/aromatic N) is 1. The molecule has 0 unspecified atom stereocenters. The van der Waals surface area contributed by atoms with Crippen LogP contribution in [0.3, 0.4) is 0 Å². The molecule has 1 aliphatic rings. The van der Waals surface area contributed by atoms with E-state index in [0.717, 1.165) is 10.9 Å². The van der Waals surface area contributed by atoms with Gasteiger partial charge < -0.3 is 23.9 Å². The molecular formula is C30H25ClN2O6. The van der Waals surface area contributed by atoms with Crippen molar-refractivity contribution in [2.45, 2.75) is 32.2 Å². The number of nitrogens with one attached hydrogen (secondary N) is 1. The van der Waals surface area contributed by atoms with E-state index in [1.54, 1.807) is 36.5 Å². The van der Waals surface area contributed by atoms with Crippen LogP contribution in [0.1, 0.15) is 42.0 Å². The summed E-state index contributed by atoms with van der Waals surface area (Å²) in [6.07, 6.45) is 1.76. The van der Waals surface area contributed by atoms with Crippen molar-refractivity contribution in [3.63, 3.8) is 0 Å². The van der Waals surface area contributed by atoms with Crippen molar-refractivity contribution in [2.24, 2.45) is 5.92 Å². The number of aromatic amines is 1. The number of cyclic esters (lactones) is 2. The smallest absolute Gasteiger partial charge is 0.324 e. The maximum Gasteiger partial charge on any atom is 0.324 e. The molecule has 198 valence electrons. The molecule has 0 amide bonds. The van der Waals surface area contributed by atoms with Gasteiger partial charge in [-0.25, -0.2) is 0 Å². The molecular weight excluding hydrogens is 520 g/mol. The van der Waals surface area contributed by atoms with Crippen molar-refractivity contribution >= 4 is 34.4 Å². The Labute approximate surface area is 230 Å². The van der Waals surface area contributed by atoms with Gasteiger partial charge in [0.2, 0.25) is 0 Å². The molecule has 3 aromatic carbocycles. The van der Waals surface area contributed by atoms with Crippen LogP contribution in [0.2, 0.25) is 5.02 Å². The van der Waals surface area contributed by atoms with Gasteiger partial charge in [0.15, 0.2) is 17.4 Å². The van der Waals surface area contributed by atoms with Gasteiger partial charge in [0.05, 0.1) is 23.8 Å². The molecule has 0 bridgehead atoms. The molecule has 1 fully saturated rings. The lowest BCUT2D eigenvalue weighted by Crippen LogP contribution is -2.48. The molecule has 0 saturated carbocycles. The van der Waals surface area contributed by atoms with E-state index in [9.17, 15) is 14.9 Å². The average molecular weight is 545 g/mol. The molecule has 0 spiro atoms. The van der Waals surface area contributed by atoms with Crippen molar-refractivity contribution in [1.29, 1.82) is 5.26 Å². The molecule has 4 aromatic rings. The summed E-state index contributed by atoms with van der Waals surface area (Å²) in [6.45, 7) is 3.10. The SMILES string of the molecule is COc1cc([C@@H](c2c[nH]c3ccccc23)C2C(=O)OC(C)(C)OC2=O)cc(Cl)c1OCc1ccccc1C#N. The fourth-order valence-electron chi connectivity index (χ4n) is 4.87. The highest BCUT2D eigenvalue weighted by atomic mass is 35.5. The van der Waals surface area contributed by atoms with Crippen LogP contribution in [0.5, 0.6) is 11.5 Å². The number of H-pyrrole nitrogens is 1. The zero-order chi connectivity index (χ0) is 27.7. The molecule has 0 aliphatic carbocycles. The fourth-order valence-corrected chi connectivity index (χ4v) is 5.14. The molecule has 1 saturated heterocycles. The molecule has 1 N–H and O–H groups in total. The summed E-state index contributed by atoms with van der Waals surface area (Å²) in [5.74, 6) is -4.30. The number of benzene rings is 3. The Morgan fingerprint density at radius 1 is 1.08 bits per heavy atom. The summed E-state index contributed by atoms with van der Waals surface area (Å²) in [5, 5.41) is 10.4. The molecule has 0 radical (unpaired) electrons. The van der Waals surface area contributed by atoms with E-state index in [2.05, 4.69) is 11.1 Å². The first-order valence-corrected chi connectivity index (χ1v) is 12.6. The maximum atomic E-state index is 13.2. The van der Waals surface area contributed by atoms with E-state index in [1.807, 2.05) is 30.3 Å². The number of aromatic nitrogens is 1. The second-order valence-electron chi connectivity index (χ2n) is 9.58. The van der Waals surface area contributed by atoms with Gasteiger partial charge in [-0.3, -0.25) is 9.59 Å². The van der Waals surface area contributed by atoms with Gasteiger partial charge in [0.25, 0.3) is 5.79 Å². The third-order valence-corrected chi connectivity index (χ3v) is 6.89.